The lowest BCUT2D eigenvalue weighted by Crippen LogP contribution is -2.27. The van der Waals surface area contributed by atoms with Gasteiger partial charge in [-0.25, -0.2) is 0 Å². The van der Waals surface area contributed by atoms with Gasteiger partial charge >= 0.3 is 0 Å². The molecule has 0 aromatic heterocycles. The van der Waals surface area contributed by atoms with E-state index in [9.17, 15) is 5.11 Å². The highest BCUT2D eigenvalue weighted by Crippen LogP contribution is 2.39. The quantitative estimate of drug-likeness (QED) is 0.754. The normalized spacial score (nSPS) is 19.0. The van der Waals surface area contributed by atoms with Crippen LogP contribution >= 0.6 is 0 Å². The summed E-state index contributed by atoms with van der Waals surface area (Å²) in [5.74, 6) is 0.923. The van der Waals surface area contributed by atoms with E-state index in [0.717, 1.165) is 11.1 Å². The number of benzene rings is 1. The Morgan fingerprint density at radius 1 is 1.43 bits per heavy atom. The summed E-state index contributed by atoms with van der Waals surface area (Å²) in [4.78, 5) is 0. The van der Waals surface area contributed by atoms with Gasteiger partial charge in [-0.2, -0.15) is 0 Å². The number of nitrogens with two attached hydrogens (primary N) is 1. The van der Waals surface area contributed by atoms with Gasteiger partial charge in [-0.1, -0.05) is 18.6 Å². The van der Waals surface area contributed by atoms with E-state index < -0.39 is 0 Å². The average molecular weight is 191 g/mol. The van der Waals surface area contributed by atoms with Gasteiger partial charge in [0.05, 0.1) is 0 Å². The van der Waals surface area contributed by atoms with Crippen molar-refractivity contribution in [2.75, 3.05) is 0 Å². The molecule has 1 saturated carbocycles. The van der Waals surface area contributed by atoms with E-state index in [1.807, 2.05) is 19.1 Å². The summed E-state index contributed by atoms with van der Waals surface area (Å²) in [6.07, 6.45) is 3.69. The van der Waals surface area contributed by atoms with Crippen molar-refractivity contribution < 1.29 is 5.11 Å². The summed E-state index contributed by atoms with van der Waals surface area (Å²) in [5, 5.41) is 9.75. The van der Waals surface area contributed by atoms with Crippen LogP contribution in [0.15, 0.2) is 18.2 Å². The lowest BCUT2D eigenvalue weighted by molar-refractivity contribution is 0.260. The minimum Gasteiger partial charge on any atom is -0.508 e. The summed E-state index contributed by atoms with van der Waals surface area (Å²) in [6.45, 7) is 2.01. The number of phenolic OH excluding ortho intramolecular Hbond substituents is 1. The molecule has 2 nitrogen and oxygen atoms in total. The second-order valence-corrected chi connectivity index (χ2v) is 4.22. The summed E-state index contributed by atoms with van der Waals surface area (Å²) in [5.41, 5.74) is 8.19. The molecule has 2 rings (SSSR count). The Kier molecular flexibility index (Phi) is 2.46. The van der Waals surface area contributed by atoms with Crippen LogP contribution in [0.2, 0.25) is 0 Å². The second-order valence-electron chi connectivity index (χ2n) is 4.22. The van der Waals surface area contributed by atoms with Crippen molar-refractivity contribution in [3.63, 3.8) is 0 Å². The van der Waals surface area contributed by atoms with Crippen LogP contribution < -0.4 is 5.73 Å². The zero-order valence-corrected chi connectivity index (χ0v) is 8.53. The molecule has 1 fully saturated rings. The highest BCUT2D eigenvalue weighted by atomic mass is 16.3. The van der Waals surface area contributed by atoms with Crippen molar-refractivity contribution in [3.05, 3.63) is 29.3 Å². The van der Waals surface area contributed by atoms with Crippen LogP contribution in [0, 0.1) is 12.8 Å². The molecule has 2 heteroatoms. The van der Waals surface area contributed by atoms with E-state index in [4.69, 9.17) is 5.73 Å². The minimum absolute atomic E-state index is 0.0185. The van der Waals surface area contributed by atoms with Crippen LogP contribution in [0.25, 0.3) is 0 Å². The first kappa shape index (κ1) is 9.53. The molecule has 0 spiro atoms. The van der Waals surface area contributed by atoms with Gasteiger partial charge in [0.2, 0.25) is 0 Å². The molecule has 0 amide bonds. The molecule has 0 bridgehead atoms. The molecule has 0 radical (unpaired) electrons. The van der Waals surface area contributed by atoms with Crippen molar-refractivity contribution in [1.29, 1.82) is 0 Å². The lowest BCUT2D eigenvalue weighted by Gasteiger charge is -2.32. The van der Waals surface area contributed by atoms with E-state index in [1.54, 1.807) is 6.07 Å². The third-order valence-corrected chi connectivity index (χ3v) is 3.29. The predicted molar refractivity (Wildman–Crippen MR) is 57.1 cm³/mol. The van der Waals surface area contributed by atoms with E-state index in [2.05, 4.69) is 0 Å². The van der Waals surface area contributed by atoms with Crippen LogP contribution in [-0.2, 0) is 0 Å². The van der Waals surface area contributed by atoms with Crippen LogP contribution in [-0.4, -0.2) is 5.11 Å². The number of rotatable bonds is 2. The molecule has 1 atom stereocenters. The molecular formula is C12H17NO. The fraction of sp³-hybridized carbons (Fsp3) is 0.500. The topological polar surface area (TPSA) is 46.2 Å². The Balaban J connectivity index is 2.29. The Labute approximate surface area is 84.7 Å². The molecule has 1 aromatic carbocycles. The number of aromatic hydroxyl groups is 1. The van der Waals surface area contributed by atoms with E-state index >= 15 is 0 Å². The van der Waals surface area contributed by atoms with Crippen LogP contribution in [0.4, 0.5) is 0 Å². The number of hydrogen-bond donors (Lipinski definition) is 2. The van der Waals surface area contributed by atoms with Gasteiger partial charge in [-0.3, -0.25) is 0 Å². The zero-order valence-electron chi connectivity index (χ0n) is 8.53. The highest BCUT2D eigenvalue weighted by Gasteiger charge is 2.27. The summed E-state index contributed by atoms with van der Waals surface area (Å²) >= 11 is 0. The van der Waals surface area contributed by atoms with Crippen LogP contribution in [0.1, 0.15) is 36.4 Å². The second kappa shape index (κ2) is 3.62. The fourth-order valence-corrected chi connectivity index (χ4v) is 2.13. The Hall–Kier alpha value is -1.02. The molecule has 3 N–H and O–H groups in total. The SMILES string of the molecule is Cc1cccc(O)c1[C@H](N)C1CCC1. The first-order chi connectivity index (χ1) is 6.70. The molecule has 0 heterocycles. The molecule has 1 aliphatic rings. The van der Waals surface area contributed by atoms with E-state index in [-0.39, 0.29) is 6.04 Å². The number of aryl methyl sites for hydroxylation is 1. The fourth-order valence-electron chi connectivity index (χ4n) is 2.13. The van der Waals surface area contributed by atoms with Gasteiger partial charge in [-0.15, -0.1) is 0 Å². The van der Waals surface area contributed by atoms with Crippen molar-refractivity contribution in [2.24, 2.45) is 11.7 Å². The maximum Gasteiger partial charge on any atom is 0.120 e. The molecule has 0 saturated heterocycles. The van der Waals surface area contributed by atoms with Crippen molar-refractivity contribution >= 4 is 0 Å². The maximum absolute atomic E-state index is 9.75. The molecule has 14 heavy (non-hydrogen) atoms. The van der Waals surface area contributed by atoms with Crippen molar-refractivity contribution in [2.45, 2.75) is 32.2 Å². The Bertz CT molecular complexity index is 311. The van der Waals surface area contributed by atoms with Gasteiger partial charge in [0.25, 0.3) is 0 Å². The third kappa shape index (κ3) is 1.50. The van der Waals surface area contributed by atoms with Gasteiger partial charge in [0.15, 0.2) is 0 Å². The predicted octanol–water partition coefficient (Wildman–Crippen LogP) is 2.50. The largest absolute Gasteiger partial charge is 0.508 e. The molecule has 1 aliphatic carbocycles. The highest BCUT2D eigenvalue weighted by molar-refractivity contribution is 5.41. The molecule has 76 valence electrons. The molecular weight excluding hydrogens is 174 g/mol. The van der Waals surface area contributed by atoms with Crippen LogP contribution in [0.3, 0.4) is 0 Å². The first-order valence-corrected chi connectivity index (χ1v) is 5.24. The smallest absolute Gasteiger partial charge is 0.120 e. The molecule has 1 aromatic rings. The van der Waals surface area contributed by atoms with Gasteiger partial charge in [-0.05, 0) is 37.3 Å². The first-order valence-electron chi connectivity index (χ1n) is 5.24. The lowest BCUT2D eigenvalue weighted by atomic mass is 9.76. The standard InChI is InChI=1S/C12H17NO/c1-8-4-2-7-10(14)11(8)12(13)9-5-3-6-9/h2,4,7,9,12,14H,3,5-6,13H2,1H3/t12-/m1/s1. The summed E-state index contributed by atoms with van der Waals surface area (Å²) in [7, 11) is 0. The Morgan fingerprint density at radius 2 is 2.14 bits per heavy atom. The maximum atomic E-state index is 9.75. The number of hydrogen-bond acceptors (Lipinski definition) is 2. The van der Waals surface area contributed by atoms with Crippen LogP contribution in [0.5, 0.6) is 5.75 Å². The van der Waals surface area contributed by atoms with Crippen molar-refractivity contribution in [3.8, 4) is 5.75 Å². The minimum atomic E-state index is 0.0185. The third-order valence-electron chi connectivity index (χ3n) is 3.29. The monoisotopic (exact) mass is 191 g/mol. The number of phenols is 1. The van der Waals surface area contributed by atoms with E-state index in [0.29, 0.717) is 11.7 Å². The summed E-state index contributed by atoms with van der Waals surface area (Å²) in [6, 6.07) is 5.61. The Morgan fingerprint density at radius 3 is 2.64 bits per heavy atom. The van der Waals surface area contributed by atoms with Gasteiger partial charge in [0.1, 0.15) is 5.75 Å². The van der Waals surface area contributed by atoms with E-state index in [1.165, 1.54) is 19.3 Å². The zero-order chi connectivity index (χ0) is 10.1. The van der Waals surface area contributed by atoms with Crippen molar-refractivity contribution in [1.82, 2.24) is 0 Å². The van der Waals surface area contributed by atoms with Gasteiger partial charge in [0, 0.05) is 11.6 Å². The summed E-state index contributed by atoms with van der Waals surface area (Å²) < 4.78 is 0. The van der Waals surface area contributed by atoms with Gasteiger partial charge < -0.3 is 10.8 Å². The molecule has 0 unspecified atom stereocenters. The molecule has 0 aliphatic heterocycles. The average Bonchev–Trinajstić information content (AvgIpc) is 2.00.